The number of para-hydroxylation sites is 1. The van der Waals surface area contributed by atoms with Crippen LogP contribution in [0.2, 0.25) is 0 Å². The smallest absolute Gasteiger partial charge is 0.367 e. The third-order valence-corrected chi connectivity index (χ3v) is 4.58. The van der Waals surface area contributed by atoms with Gasteiger partial charge in [-0.25, -0.2) is 4.98 Å². The minimum absolute atomic E-state index is 0.113. The zero-order valence-electron chi connectivity index (χ0n) is 14.5. The molecule has 26 heavy (non-hydrogen) atoms. The molecule has 1 atom stereocenters. The second-order valence-corrected chi connectivity index (χ2v) is 6.47. The maximum absolute atomic E-state index is 13.3. The highest BCUT2D eigenvalue weighted by molar-refractivity contribution is 5.56. The lowest BCUT2D eigenvalue weighted by Crippen LogP contribution is -2.36. The lowest BCUT2D eigenvalue weighted by Gasteiger charge is -2.29. The second kappa shape index (κ2) is 7.90. The van der Waals surface area contributed by atoms with E-state index < -0.39 is 11.7 Å². The van der Waals surface area contributed by atoms with Gasteiger partial charge in [0.25, 0.3) is 0 Å². The van der Waals surface area contributed by atoms with Crippen molar-refractivity contribution in [2.24, 2.45) is 5.92 Å². The van der Waals surface area contributed by atoms with Gasteiger partial charge in [0.15, 0.2) is 0 Å². The van der Waals surface area contributed by atoms with Crippen LogP contribution in [-0.2, 0) is 6.18 Å². The molecule has 3 rings (SSSR count). The highest BCUT2D eigenvalue weighted by Gasteiger charge is 2.36. The molecule has 1 aromatic carbocycles. The van der Waals surface area contributed by atoms with Crippen molar-refractivity contribution < 1.29 is 13.2 Å². The zero-order chi connectivity index (χ0) is 18.6. The monoisotopic (exact) mass is 365 g/mol. The number of aromatic nitrogens is 2. The molecular formula is C18H22F3N5. The van der Waals surface area contributed by atoms with Crippen LogP contribution in [0.1, 0.15) is 25.3 Å². The van der Waals surface area contributed by atoms with Crippen LogP contribution in [0.15, 0.2) is 36.5 Å². The van der Waals surface area contributed by atoms with Crippen LogP contribution >= 0.6 is 0 Å². The molecule has 0 spiro atoms. The van der Waals surface area contributed by atoms with E-state index in [9.17, 15) is 13.2 Å². The molecule has 140 valence electrons. The molecular weight excluding hydrogens is 343 g/mol. The van der Waals surface area contributed by atoms with Gasteiger partial charge in [-0.2, -0.15) is 18.2 Å². The highest BCUT2D eigenvalue weighted by Crippen LogP contribution is 2.35. The first-order valence-electron chi connectivity index (χ1n) is 8.67. The minimum Gasteiger partial charge on any atom is -0.367 e. The third-order valence-electron chi connectivity index (χ3n) is 4.58. The number of nitrogens with one attached hydrogen (secondary N) is 3. The van der Waals surface area contributed by atoms with Crippen molar-refractivity contribution in [1.82, 2.24) is 15.3 Å². The molecule has 0 bridgehead atoms. The molecule has 0 amide bonds. The molecule has 2 heterocycles. The Kier molecular flexibility index (Phi) is 5.61. The molecule has 1 saturated heterocycles. The van der Waals surface area contributed by atoms with Gasteiger partial charge in [-0.15, -0.1) is 0 Å². The Morgan fingerprint density at radius 1 is 1.15 bits per heavy atom. The molecule has 2 aromatic rings. The summed E-state index contributed by atoms with van der Waals surface area (Å²) in [4.78, 5) is 7.93. The SMILES string of the molecule is CC(Nc1nc(Nc2ccccc2)ncc1C(F)(F)F)C1CCNCC1. The summed E-state index contributed by atoms with van der Waals surface area (Å²) < 4.78 is 40.0. The molecule has 1 unspecified atom stereocenters. The summed E-state index contributed by atoms with van der Waals surface area (Å²) in [6.45, 7) is 3.67. The zero-order valence-corrected chi connectivity index (χ0v) is 14.5. The Morgan fingerprint density at radius 2 is 1.85 bits per heavy atom. The van der Waals surface area contributed by atoms with Crippen molar-refractivity contribution in [3.05, 3.63) is 42.1 Å². The van der Waals surface area contributed by atoms with Crippen LogP contribution in [0.5, 0.6) is 0 Å². The van der Waals surface area contributed by atoms with Crippen molar-refractivity contribution >= 4 is 17.5 Å². The summed E-state index contributed by atoms with van der Waals surface area (Å²) in [6, 6.07) is 8.98. The van der Waals surface area contributed by atoms with Gasteiger partial charge in [-0.3, -0.25) is 0 Å². The predicted molar refractivity (Wildman–Crippen MR) is 95.4 cm³/mol. The number of alkyl halides is 3. The largest absolute Gasteiger partial charge is 0.421 e. The number of piperidine rings is 1. The molecule has 0 radical (unpaired) electrons. The van der Waals surface area contributed by atoms with Gasteiger partial charge in [0.1, 0.15) is 11.4 Å². The Bertz CT molecular complexity index is 715. The van der Waals surface area contributed by atoms with E-state index in [-0.39, 0.29) is 17.8 Å². The summed E-state index contributed by atoms with van der Waals surface area (Å²) in [5.74, 6) is 0.249. The fourth-order valence-corrected chi connectivity index (χ4v) is 3.09. The summed E-state index contributed by atoms with van der Waals surface area (Å²) >= 11 is 0. The summed E-state index contributed by atoms with van der Waals surface area (Å²) in [7, 11) is 0. The molecule has 5 nitrogen and oxygen atoms in total. The van der Waals surface area contributed by atoms with Crippen LogP contribution in [0.25, 0.3) is 0 Å². The molecule has 1 fully saturated rings. The van der Waals surface area contributed by atoms with E-state index >= 15 is 0 Å². The third kappa shape index (κ3) is 4.63. The maximum atomic E-state index is 13.3. The second-order valence-electron chi connectivity index (χ2n) is 6.47. The molecule has 1 aliphatic rings. The van der Waals surface area contributed by atoms with Crippen LogP contribution < -0.4 is 16.0 Å². The number of hydrogen-bond donors (Lipinski definition) is 3. The van der Waals surface area contributed by atoms with Gasteiger partial charge in [-0.1, -0.05) is 18.2 Å². The van der Waals surface area contributed by atoms with E-state index in [2.05, 4.69) is 25.9 Å². The normalized spacial score (nSPS) is 16.9. The first-order chi connectivity index (χ1) is 12.4. The number of benzene rings is 1. The number of nitrogens with zero attached hydrogens (tertiary/aromatic N) is 2. The summed E-state index contributed by atoms with van der Waals surface area (Å²) in [5.41, 5.74) is -0.137. The summed E-state index contributed by atoms with van der Waals surface area (Å²) in [6.07, 6.45) is -1.83. The van der Waals surface area contributed by atoms with E-state index in [0.717, 1.165) is 32.1 Å². The van der Waals surface area contributed by atoms with Crippen LogP contribution in [0.3, 0.4) is 0 Å². The Balaban J connectivity index is 1.83. The molecule has 1 aromatic heterocycles. The first-order valence-corrected chi connectivity index (χ1v) is 8.67. The maximum Gasteiger partial charge on any atom is 0.421 e. The van der Waals surface area contributed by atoms with E-state index in [1.807, 2.05) is 25.1 Å². The fourth-order valence-electron chi connectivity index (χ4n) is 3.09. The summed E-state index contributed by atoms with van der Waals surface area (Å²) in [5, 5.41) is 9.17. The van der Waals surface area contributed by atoms with Gasteiger partial charge in [0.2, 0.25) is 5.95 Å². The van der Waals surface area contributed by atoms with Gasteiger partial charge in [0.05, 0.1) is 0 Å². The Hall–Kier alpha value is -2.35. The Morgan fingerprint density at radius 3 is 2.50 bits per heavy atom. The number of hydrogen-bond acceptors (Lipinski definition) is 5. The van der Waals surface area contributed by atoms with Crippen LogP contribution in [0.4, 0.5) is 30.6 Å². The predicted octanol–water partition coefficient (Wildman–Crippen LogP) is 4.04. The Labute approximate surface area is 150 Å². The highest BCUT2D eigenvalue weighted by atomic mass is 19.4. The molecule has 3 N–H and O–H groups in total. The van der Waals surface area contributed by atoms with Gasteiger partial charge in [0, 0.05) is 17.9 Å². The first kappa shape index (κ1) is 18.4. The van der Waals surface area contributed by atoms with Gasteiger partial charge in [-0.05, 0) is 50.9 Å². The number of halogens is 3. The molecule has 8 heteroatoms. The molecule has 0 saturated carbocycles. The van der Waals surface area contributed by atoms with E-state index in [0.29, 0.717) is 11.6 Å². The molecule has 1 aliphatic heterocycles. The van der Waals surface area contributed by atoms with E-state index in [1.54, 1.807) is 12.1 Å². The average molecular weight is 365 g/mol. The number of rotatable bonds is 5. The lowest BCUT2D eigenvalue weighted by molar-refractivity contribution is -0.137. The van der Waals surface area contributed by atoms with Gasteiger partial charge < -0.3 is 16.0 Å². The van der Waals surface area contributed by atoms with E-state index in [1.165, 1.54) is 0 Å². The van der Waals surface area contributed by atoms with Crippen molar-refractivity contribution in [3.63, 3.8) is 0 Å². The van der Waals surface area contributed by atoms with Crippen molar-refractivity contribution in [1.29, 1.82) is 0 Å². The molecule has 0 aliphatic carbocycles. The van der Waals surface area contributed by atoms with Crippen molar-refractivity contribution in [3.8, 4) is 0 Å². The lowest BCUT2D eigenvalue weighted by atomic mass is 9.91. The topological polar surface area (TPSA) is 61.9 Å². The number of anilines is 3. The van der Waals surface area contributed by atoms with Crippen molar-refractivity contribution in [2.75, 3.05) is 23.7 Å². The quantitative estimate of drug-likeness (QED) is 0.747. The minimum atomic E-state index is -4.51. The van der Waals surface area contributed by atoms with E-state index in [4.69, 9.17) is 0 Å². The van der Waals surface area contributed by atoms with Crippen LogP contribution in [0, 0.1) is 5.92 Å². The van der Waals surface area contributed by atoms with Gasteiger partial charge >= 0.3 is 6.18 Å². The standard InChI is InChI=1S/C18H22F3N5/c1-12(13-7-9-22-10-8-13)24-16-15(18(19,20)21)11-23-17(26-16)25-14-5-3-2-4-6-14/h2-6,11-13,22H,7-10H2,1H3,(H2,23,24,25,26). The average Bonchev–Trinajstić information content (AvgIpc) is 2.62. The fraction of sp³-hybridized carbons (Fsp3) is 0.444. The van der Waals surface area contributed by atoms with Crippen LogP contribution in [-0.4, -0.2) is 29.1 Å². The van der Waals surface area contributed by atoms with Crippen molar-refractivity contribution in [2.45, 2.75) is 32.0 Å².